The van der Waals surface area contributed by atoms with E-state index in [-0.39, 0.29) is 24.9 Å². The summed E-state index contributed by atoms with van der Waals surface area (Å²) in [5, 5.41) is 3.12. The van der Waals surface area contributed by atoms with E-state index in [1.54, 1.807) is 44.5 Å². The molecule has 6 nitrogen and oxygen atoms in total. The fraction of sp³-hybridized carbons (Fsp3) is 0.316. The number of nitrogens with zero attached hydrogens (tertiary/aromatic N) is 1. The van der Waals surface area contributed by atoms with E-state index in [9.17, 15) is 13.6 Å². The van der Waals surface area contributed by atoms with E-state index in [2.05, 4.69) is 10.1 Å². The largest absolute Gasteiger partial charge is 0.487 e. The molecule has 0 aliphatic heterocycles. The van der Waals surface area contributed by atoms with E-state index < -0.39 is 6.61 Å². The Hall–Kier alpha value is -2.58. The van der Waals surface area contributed by atoms with Gasteiger partial charge in [0.2, 0.25) is 0 Å². The highest BCUT2D eigenvalue weighted by Crippen LogP contribution is 2.33. The maximum Gasteiger partial charge on any atom is 0.387 e. The van der Waals surface area contributed by atoms with Crippen molar-refractivity contribution in [2.75, 3.05) is 32.7 Å². The lowest BCUT2D eigenvalue weighted by Gasteiger charge is -2.20. The zero-order valence-corrected chi connectivity index (χ0v) is 16.2. The number of alkyl halides is 2. The first kappa shape index (κ1) is 21.7. The SMILES string of the molecule is COCCOc1c(Cl)cccc1NC(=O)N(C)Cc1ccc(OC(F)F)cc1. The fourth-order valence-electron chi connectivity index (χ4n) is 2.31. The minimum Gasteiger partial charge on any atom is -0.487 e. The van der Waals surface area contributed by atoms with Crippen LogP contribution < -0.4 is 14.8 Å². The third kappa shape index (κ3) is 6.54. The van der Waals surface area contributed by atoms with Crippen LogP contribution in [-0.4, -0.2) is 44.9 Å². The van der Waals surface area contributed by atoms with Crippen LogP contribution >= 0.6 is 11.6 Å². The number of carbonyl (C=O) groups excluding carboxylic acids is 1. The highest BCUT2D eigenvalue weighted by molar-refractivity contribution is 6.32. The molecular weight excluding hydrogens is 394 g/mol. The first-order valence-electron chi connectivity index (χ1n) is 8.37. The van der Waals surface area contributed by atoms with Crippen molar-refractivity contribution < 1.29 is 27.8 Å². The molecule has 0 aliphatic carbocycles. The van der Waals surface area contributed by atoms with Crippen LogP contribution in [0.5, 0.6) is 11.5 Å². The van der Waals surface area contributed by atoms with Crippen molar-refractivity contribution in [1.82, 2.24) is 4.90 Å². The molecule has 152 valence electrons. The summed E-state index contributed by atoms with van der Waals surface area (Å²) in [7, 11) is 3.16. The molecule has 0 atom stereocenters. The number of para-hydroxylation sites is 1. The van der Waals surface area contributed by atoms with Gasteiger partial charge in [-0.05, 0) is 29.8 Å². The van der Waals surface area contributed by atoms with E-state index in [0.717, 1.165) is 5.56 Å². The van der Waals surface area contributed by atoms with Crippen molar-refractivity contribution in [2.45, 2.75) is 13.2 Å². The smallest absolute Gasteiger partial charge is 0.387 e. The molecule has 0 bridgehead atoms. The van der Waals surface area contributed by atoms with Crippen LogP contribution in [0.25, 0.3) is 0 Å². The van der Waals surface area contributed by atoms with Crippen molar-refractivity contribution >= 4 is 23.3 Å². The number of hydrogen-bond donors (Lipinski definition) is 1. The summed E-state index contributed by atoms with van der Waals surface area (Å²) >= 11 is 6.16. The number of benzene rings is 2. The van der Waals surface area contributed by atoms with Gasteiger partial charge in [0.15, 0.2) is 5.75 Å². The molecule has 0 radical (unpaired) electrons. The van der Waals surface area contributed by atoms with E-state index in [1.807, 2.05) is 0 Å². The number of rotatable bonds is 9. The van der Waals surface area contributed by atoms with Gasteiger partial charge in [0.1, 0.15) is 12.4 Å². The van der Waals surface area contributed by atoms with E-state index in [4.69, 9.17) is 21.1 Å². The normalized spacial score (nSPS) is 10.6. The molecule has 9 heteroatoms. The number of ether oxygens (including phenoxy) is 3. The van der Waals surface area contributed by atoms with Gasteiger partial charge in [0.25, 0.3) is 0 Å². The molecule has 0 unspecified atom stereocenters. The molecule has 2 amide bonds. The molecule has 0 aromatic heterocycles. The second-order valence-corrected chi connectivity index (χ2v) is 6.17. The lowest BCUT2D eigenvalue weighted by atomic mass is 10.2. The Bertz CT molecular complexity index is 775. The molecule has 2 aromatic rings. The number of nitrogens with one attached hydrogen (secondary N) is 1. The molecule has 0 heterocycles. The predicted octanol–water partition coefficient (Wildman–Crippen LogP) is 4.63. The van der Waals surface area contributed by atoms with Crippen LogP contribution in [-0.2, 0) is 11.3 Å². The highest BCUT2D eigenvalue weighted by atomic mass is 35.5. The number of halogens is 3. The molecule has 1 N–H and O–H groups in total. The molecule has 0 fully saturated rings. The van der Waals surface area contributed by atoms with Crippen LogP contribution in [0.3, 0.4) is 0 Å². The molecule has 0 spiro atoms. The summed E-state index contributed by atoms with van der Waals surface area (Å²) in [5.41, 5.74) is 1.18. The predicted molar refractivity (Wildman–Crippen MR) is 102 cm³/mol. The van der Waals surface area contributed by atoms with Crippen molar-refractivity contribution in [3.8, 4) is 11.5 Å². The lowest BCUT2D eigenvalue weighted by molar-refractivity contribution is -0.0498. The van der Waals surface area contributed by atoms with Crippen molar-refractivity contribution in [2.24, 2.45) is 0 Å². The summed E-state index contributed by atoms with van der Waals surface area (Å²) in [5.74, 6) is 0.416. The second kappa shape index (κ2) is 10.7. The van der Waals surface area contributed by atoms with Crippen molar-refractivity contribution in [3.63, 3.8) is 0 Å². The molecular formula is C19H21ClF2N2O4. The van der Waals surface area contributed by atoms with Gasteiger partial charge in [0.05, 0.1) is 17.3 Å². The van der Waals surface area contributed by atoms with Crippen LogP contribution in [0.2, 0.25) is 5.02 Å². The monoisotopic (exact) mass is 414 g/mol. The number of amides is 2. The Morgan fingerprint density at radius 3 is 2.54 bits per heavy atom. The van der Waals surface area contributed by atoms with Crippen LogP contribution in [0.4, 0.5) is 19.3 Å². The zero-order valence-electron chi connectivity index (χ0n) is 15.5. The van der Waals surface area contributed by atoms with Gasteiger partial charge in [-0.15, -0.1) is 0 Å². The molecule has 2 aromatic carbocycles. The van der Waals surface area contributed by atoms with Gasteiger partial charge < -0.3 is 24.4 Å². The van der Waals surface area contributed by atoms with E-state index >= 15 is 0 Å². The Labute approximate surface area is 166 Å². The number of methoxy groups -OCH3 is 1. The van der Waals surface area contributed by atoms with Gasteiger partial charge in [-0.3, -0.25) is 0 Å². The quantitative estimate of drug-likeness (QED) is 0.608. The van der Waals surface area contributed by atoms with Gasteiger partial charge in [-0.25, -0.2) is 4.79 Å². The van der Waals surface area contributed by atoms with Gasteiger partial charge in [-0.2, -0.15) is 8.78 Å². The third-order valence-electron chi connectivity index (χ3n) is 3.66. The average Bonchev–Trinajstić information content (AvgIpc) is 2.65. The number of carbonyl (C=O) groups is 1. The standard InChI is InChI=1S/C19H21ClF2N2O4/c1-24(12-13-6-8-14(9-7-13)28-18(21)22)19(25)23-16-5-3-4-15(20)17(16)27-11-10-26-2/h3-9,18H,10-12H2,1-2H3,(H,23,25). The topological polar surface area (TPSA) is 60.0 Å². The third-order valence-corrected chi connectivity index (χ3v) is 3.96. The summed E-state index contributed by atoms with van der Waals surface area (Å²) in [6.07, 6.45) is 0. The maximum atomic E-state index is 12.5. The van der Waals surface area contributed by atoms with E-state index in [1.165, 1.54) is 17.0 Å². The highest BCUT2D eigenvalue weighted by Gasteiger charge is 2.15. The van der Waals surface area contributed by atoms with Crippen LogP contribution in [0, 0.1) is 0 Å². The summed E-state index contributed by atoms with van der Waals surface area (Å²) in [6, 6.07) is 10.7. The molecule has 0 saturated heterocycles. The first-order chi connectivity index (χ1) is 13.4. The number of anilines is 1. The Kier molecular flexibility index (Phi) is 8.28. The summed E-state index contributed by atoms with van der Waals surface area (Å²) in [6.45, 7) is -1.95. The molecule has 0 aliphatic rings. The second-order valence-electron chi connectivity index (χ2n) is 5.77. The number of hydrogen-bond acceptors (Lipinski definition) is 4. The van der Waals surface area contributed by atoms with E-state index in [0.29, 0.717) is 23.1 Å². The minimum atomic E-state index is -2.88. The Balaban J connectivity index is 1.99. The van der Waals surface area contributed by atoms with Gasteiger partial charge >= 0.3 is 12.6 Å². The Morgan fingerprint density at radius 1 is 1.18 bits per heavy atom. The number of urea groups is 1. The molecule has 0 saturated carbocycles. The van der Waals surface area contributed by atoms with Crippen LogP contribution in [0.1, 0.15) is 5.56 Å². The maximum absolute atomic E-state index is 12.5. The summed E-state index contributed by atoms with van der Waals surface area (Å²) < 4.78 is 39.2. The van der Waals surface area contributed by atoms with Crippen molar-refractivity contribution in [1.29, 1.82) is 0 Å². The summed E-state index contributed by atoms with van der Waals surface area (Å²) in [4.78, 5) is 13.9. The lowest BCUT2D eigenvalue weighted by Crippen LogP contribution is -2.31. The van der Waals surface area contributed by atoms with Crippen molar-refractivity contribution in [3.05, 3.63) is 53.1 Å². The minimum absolute atomic E-state index is 0.0580. The molecule has 2 rings (SSSR count). The zero-order chi connectivity index (χ0) is 20.5. The fourth-order valence-corrected chi connectivity index (χ4v) is 2.54. The average molecular weight is 415 g/mol. The molecule has 28 heavy (non-hydrogen) atoms. The van der Waals surface area contributed by atoms with Gasteiger partial charge in [-0.1, -0.05) is 29.8 Å². The van der Waals surface area contributed by atoms with Gasteiger partial charge in [0, 0.05) is 20.7 Å². The Morgan fingerprint density at radius 2 is 1.89 bits per heavy atom. The van der Waals surface area contributed by atoms with Crippen LogP contribution in [0.15, 0.2) is 42.5 Å². The first-order valence-corrected chi connectivity index (χ1v) is 8.74.